The molecule has 2 heterocycles. The minimum atomic E-state index is -0.478. The van der Waals surface area contributed by atoms with Crippen LogP contribution in [0.25, 0.3) is 33.6 Å². The molecule has 4 rings (SSSR count). The maximum atomic E-state index is 14.4. The molecule has 0 aliphatic rings. The Bertz CT molecular complexity index is 1080. The van der Waals surface area contributed by atoms with Crippen LogP contribution in [0.2, 0.25) is 0 Å². The van der Waals surface area contributed by atoms with Crippen LogP contribution in [0.4, 0.5) is 4.39 Å². The summed E-state index contributed by atoms with van der Waals surface area (Å²) in [6, 6.07) is 12.4. The molecule has 0 bridgehead atoms. The lowest BCUT2D eigenvalue weighted by molar-refractivity contribution is 0.144. The zero-order valence-corrected chi connectivity index (χ0v) is 15.9. The fourth-order valence-electron chi connectivity index (χ4n) is 2.70. The van der Waals surface area contributed by atoms with Crippen molar-refractivity contribution < 1.29 is 18.4 Å². The van der Waals surface area contributed by atoms with Crippen LogP contribution < -0.4 is 4.74 Å². The van der Waals surface area contributed by atoms with Crippen molar-refractivity contribution in [2.75, 3.05) is 20.3 Å². The van der Waals surface area contributed by atoms with E-state index in [1.165, 1.54) is 6.07 Å². The Hall–Kier alpha value is -2.71. The van der Waals surface area contributed by atoms with Crippen molar-refractivity contribution in [1.29, 1.82) is 0 Å². The van der Waals surface area contributed by atoms with Gasteiger partial charge in [0.2, 0.25) is 0 Å². The van der Waals surface area contributed by atoms with Crippen LogP contribution in [-0.2, 0) is 4.74 Å². The van der Waals surface area contributed by atoms with Gasteiger partial charge in [-0.05, 0) is 18.2 Å². The average Bonchev–Trinajstić information content (AvgIpc) is 3.29. The van der Waals surface area contributed by atoms with Crippen molar-refractivity contribution in [1.82, 2.24) is 15.4 Å². The predicted molar refractivity (Wildman–Crippen MR) is 102 cm³/mol. The maximum Gasteiger partial charge on any atom is 0.188 e. The van der Waals surface area contributed by atoms with E-state index in [2.05, 4.69) is 31.3 Å². The van der Waals surface area contributed by atoms with Crippen molar-refractivity contribution in [3.05, 3.63) is 52.8 Å². The van der Waals surface area contributed by atoms with Crippen molar-refractivity contribution in [3.8, 4) is 28.5 Å². The molecule has 0 spiro atoms. The van der Waals surface area contributed by atoms with Crippen LogP contribution in [-0.4, -0.2) is 35.7 Å². The number of aromatic amines is 1. The van der Waals surface area contributed by atoms with Gasteiger partial charge >= 0.3 is 0 Å². The number of methoxy groups -OCH3 is 1. The number of hydrogen-bond donors (Lipinski definition) is 1. The first-order valence-electron chi connectivity index (χ1n) is 8.18. The van der Waals surface area contributed by atoms with Crippen LogP contribution in [0.1, 0.15) is 0 Å². The molecule has 0 aliphatic heterocycles. The molecule has 0 fully saturated rings. The zero-order valence-electron chi connectivity index (χ0n) is 14.3. The molecule has 0 aliphatic carbocycles. The molecule has 0 atom stereocenters. The SMILES string of the molecule is COCCOc1cc2[nH]nc(-c3cc(-c4ccc(Br)cc4)no3)c2cc1F. The topological polar surface area (TPSA) is 73.2 Å². The molecular weight excluding hydrogens is 417 g/mol. The summed E-state index contributed by atoms with van der Waals surface area (Å²) in [5.74, 6) is 0.114. The van der Waals surface area contributed by atoms with E-state index < -0.39 is 5.82 Å². The summed E-state index contributed by atoms with van der Waals surface area (Å²) >= 11 is 3.40. The molecule has 0 saturated carbocycles. The van der Waals surface area contributed by atoms with Crippen molar-refractivity contribution >= 4 is 26.8 Å². The average molecular weight is 432 g/mol. The number of halogens is 2. The van der Waals surface area contributed by atoms with Gasteiger partial charge in [-0.1, -0.05) is 33.2 Å². The Morgan fingerprint density at radius 1 is 1.15 bits per heavy atom. The largest absolute Gasteiger partial charge is 0.488 e. The third-order valence-electron chi connectivity index (χ3n) is 4.04. The number of nitrogens with one attached hydrogen (secondary N) is 1. The summed E-state index contributed by atoms with van der Waals surface area (Å²) in [5, 5.41) is 11.8. The van der Waals surface area contributed by atoms with E-state index in [1.54, 1.807) is 19.2 Å². The van der Waals surface area contributed by atoms with Crippen LogP contribution in [0, 0.1) is 5.82 Å². The molecule has 4 aromatic rings. The van der Waals surface area contributed by atoms with Crippen LogP contribution in [0.15, 0.2) is 51.5 Å². The third kappa shape index (κ3) is 3.58. The molecule has 1 N–H and O–H groups in total. The highest BCUT2D eigenvalue weighted by molar-refractivity contribution is 9.10. The molecule has 138 valence electrons. The number of ether oxygens (including phenoxy) is 2. The molecule has 8 heteroatoms. The highest BCUT2D eigenvalue weighted by Crippen LogP contribution is 2.33. The number of benzene rings is 2. The van der Waals surface area contributed by atoms with E-state index in [4.69, 9.17) is 14.0 Å². The van der Waals surface area contributed by atoms with E-state index in [0.29, 0.717) is 34.7 Å². The Kier molecular flexibility index (Phi) is 4.91. The highest BCUT2D eigenvalue weighted by atomic mass is 79.9. The van der Waals surface area contributed by atoms with Crippen molar-refractivity contribution in [2.24, 2.45) is 0 Å². The monoisotopic (exact) mass is 431 g/mol. The van der Waals surface area contributed by atoms with Gasteiger partial charge in [-0.2, -0.15) is 5.10 Å². The lowest BCUT2D eigenvalue weighted by Crippen LogP contribution is -2.05. The van der Waals surface area contributed by atoms with Crippen LogP contribution >= 0.6 is 15.9 Å². The molecule has 0 amide bonds. The summed E-state index contributed by atoms with van der Waals surface area (Å²) in [4.78, 5) is 0. The second-order valence-electron chi connectivity index (χ2n) is 5.82. The first-order valence-corrected chi connectivity index (χ1v) is 8.97. The fraction of sp³-hybridized carbons (Fsp3) is 0.158. The van der Waals surface area contributed by atoms with E-state index in [9.17, 15) is 4.39 Å². The highest BCUT2D eigenvalue weighted by Gasteiger charge is 2.17. The summed E-state index contributed by atoms with van der Waals surface area (Å²) in [7, 11) is 1.56. The van der Waals surface area contributed by atoms with E-state index >= 15 is 0 Å². The molecule has 6 nitrogen and oxygen atoms in total. The van der Waals surface area contributed by atoms with Gasteiger partial charge in [0.25, 0.3) is 0 Å². The van der Waals surface area contributed by atoms with Crippen molar-refractivity contribution in [3.63, 3.8) is 0 Å². The second kappa shape index (κ2) is 7.50. The quantitative estimate of drug-likeness (QED) is 0.443. The molecular formula is C19H15BrFN3O3. The Labute approximate surface area is 162 Å². The third-order valence-corrected chi connectivity index (χ3v) is 4.57. The molecule has 2 aromatic heterocycles. The van der Waals surface area contributed by atoms with E-state index in [-0.39, 0.29) is 12.4 Å². The number of fused-ring (bicyclic) bond motifs is 1. The summed E-state index contributed by atoms with van der Waals surface area (Å²) < 4.78 is 31.1. The predicted octanol–water partition coefficient (Wildman–Crippen LogP) is 4.81. The first kappa shape index (κ1) is 17.7. The van der Waals surface area contributed by atoms with Gasteiger partial charge < -0.3 is 14.0 Å². The van der Waals surface area contributed by atoms with Crippen LogP contribution in [0.5, 0.6) is 5.75 Å². The molecule has 0 saturated heterocycles. The zero-order chi connectivity index (χ0) is 18.8. The Balaban J connectivity index is 1.66. The first-order chi connectivity index (χ1) is 13.2. The molecule has 27 heavy (non-hydrogen) atoms. The maximum absolute atomic E-state index is 14.4. The van der Waals surface area contributed by atoms with Crippen LogP contribution in [0.3, 0.4) is 0 Å². The minimum Gasteiger partial charge on any atom is -0.488 e. The number of hydrogen-bond acceptors (Lipinski definition) is 5. The lowest BCUT2D eigenvalue weighted by Gasteiger charge is -2.06. The van der Waals surface area contributed by atoms with Gasteiger partial charge in [0, 0.05) is 34.7 Å². The smallest absolute Gasteiger partial charge is 0.188 e. The van der Waals surface area contributed by atoms with Gasteiger partial charge in [-0.3, -0.25) is 5.10 Å². The fourth-order valence-corrected chi connectivity index (χ4v) is 2.96. The molecule has 2 aromatic carbocycles. The van der Waals surface area contributed by atoms with Gasteiger partial charge in [0.1, 0.15) is 18.0 Å². The van der Waals surface area contributed by atoms with E-state index in [1.807, 2.05) is 24.3 Å². The van der Waals surface area contributed by atoms with Gasteiger partial charge in [0.15, 0.2) is 17.3 Å². The molecule has 0 radical (unpaired) electrons. The van der Waals surface area contributed by atoms with Gasteiger partial charge in [-0.25, -0.2) is 4.39 Å². The Morgan fingerprint density at radius 3 is 2.74 bits per heavy atom. The number of nitrogens with zero attached hydrogens (tertiary/aromatic N) is 2. The number of aromatic nitrogens is 3. The summed E-state index contributed by atoms with van der Waals surface area (Å²) in [5.41, 5.74) is 2.71. The lowest BCUT2D eigenvalue weighted by atomic mass is 10.1. The van der Waals surface area contributed by atoms with Gasteiger partial charge in [0.05, 0.1) is 12.1 Å². The summed E-state index contributed by atoms with van der Waals surface area (Å²) in [6.07, 6.45) is 0. The summed E-state index contributed by atoms with van der Waals surface area (Å²) in [6.45, 7) is 0.640. The van der Waals surface area contributed by atoms with Gasteiger partial charge in [-0.15, -0.1) is 0 Å². The standard InChI is InChI=1S/C19H15BrFN3O3/c1-25-6-7-26-17-10-16-13(8-14(17)21)19(23-22-16)18-9-15(24-27-18)11-2-4-12(20)5-3-11/h2-5,8-10H,6-7H2,1H3,(H,22,23). The second-order valence-corrected chi connectivity index (χ2v) is 6.74. The normalized spacial score (nSPS) is 11.2. The van der Waals surface area contributed by atoms with Crippen molar-refractivity contribution in [2.45, 2.75) is 0 Å². The number of rotatable bonds is 6. The van der Waals surface area contributed by atoms with E-state index in [0.717, 1.165) is 10.0 Å². The number of H-pyrrole nitrogens is 1. The Morgan fingerprint density at radius 2 is 1.96 bits per heavy atom. The minimum absolute atomic E-state index is 0.142. The molecule has 0 unspecified atom stereocenters.